The quantitative estimate of drug-likeness (QED) is 0.679. The molecule has 0 aromatic heterocycles. The summed E-state index contributed by atoms with van der Waals surface area (Å²) < 4.78 is 5.57. The fraction of sp³-hybridized carbons (Fsp3) is 0.571. The molecule has 1 aliphatic rings. The minimum Gasteiger partial charge on any atom is -0.389 e. The molecule has 2 rings (SSSR count). The van der Waals surface area contributed by atoms with Crippen molar-refractivity contribution in [3.05, 3.63) is 33.9 Å². The molecule has 0 spiro atoms. The zero-order valence-electron chi connectivity index (χ0n) is 11.8. The van der Waals surface area contributed by atoms with Gasteiger partial charge in [-0.1, -0.05) is 6.07 Å². The van der Waals surface area contributed by atoms with Gasteiger partial charge in [0.15, 0.2) is 0 Å². The number of rotatable bonds is 3. The maximum absolute atomic E-state index is 11.3. The molecule has 20 heavy (non-hydrogen) atoms. The Morgan fingerprint density at radius 2 is 2.30 bits per heavy atom. The van der Waals surface area contributed by atoms with E-state index in [2.05, 4.69) is 0 Å². The van der Waals surface area contributed by atoms with Gasteiger partial charge < -0.3 is 14.7 Å². The zero-order valence-corrected chi connectivity index (χ0v) is 11.8. The number of nitro groups is 1. The normalized spacial score (nSPS) is 21.4. The molecule has 1 aromatic rings. The van der Waals surface area contributed by atoms with Crippen LogP contribution in [0, 0.1) is 10.1 Å². The lowest BCUT2D eigenvalue weighted by Gasteiger charge is -2.24. The fourth-order valence-electron chi connectivity index (χ4n) is 2.43. The lowest BCUT2D eigenvalue weighted by atomic mass is 10.1. The van der Waals surface area contributed by atoms with Crippen molar-refractivity contribution in [3.63, 3.8) is 0 Å². The molecule has 6 nitrogen and oxygen atoms in total. The average Bonchev–Trinajstić information content (AvgIpc) is 2.62. The molecule has 0 amide bonds. The summed E-state index contributed by atoms with van der Waals surface area (Å²) in [5.74, 6) is 0. The SMILES string of the molecule is CC1CN(c2ccc([C@H](C)O)cc2[N+](=O)[O-])CCCO1. The molecule has 1 saturated heterocycles. The first kappa shape index (κ1) is 14.7. The summed E-state index contributed by atoms with van der Waals surface area (Å²) in [4.78, 5) is 12.9. The van der Waals surface area contributed by atoms with Crippen molar-refractivity contribution in [3.8, 4) is 0 Å². The highest BCUT2D eigenvalue weighted by molar-refractivity contribution is 5.64. The van der Waals surface area contributed by atoms with E-state index < -0.39 is 11.0 Å². The summed E-state index contributed by atoms with van der Waals surface area (Å²) in [6.07, 6.45) is 0.183. The summed E-state index contributed by atoms with van der Waals surface area (Å²) >= 11 is 0. The second kappa shape index (κ2) is 6.19. The monoisotopic (exact) mass is 280 g/mol. The van der Waals surface area contributed by atoms with Crippen molar-refractivity contribution in [2.45, 2.75) is 32.5 Å². The first-order valence-electron chi connectivity index (χ1n) is 6.82. The van der Waals surface area contributed by atoms with Crippen LogP contribution in [0.1, 0.15) is 31.9 Å². The molecule has 1 N–H and O–H groups in total. The highest BCUT2D eigenvalue weighted by Crippen LogP contribution is 2.32. The van der Waals surface area contributed by atoms with Crippen molar-refractivity contribution < 1.29 is 14.8 Å². The van der Waals surface area contributed by atoms with Crippen LogP contribution in [-0.2, 0) is 4.74 Å². The molecule has 1 aliphatic heterocycles. The van der Waals surface area contributed by atoms with Crippen LogP contribution < -0.4 is 4.90 Å². The molecule has 0 radical (unpaired) electrons. The Kier molecular flexibility index (Phi) is 4.57. The summed E-state index contributed by atoms with van der Waals surface area (Å²) in [5.41, 5.74) is 1.19. The second-order valence-electron chi connectivity index (χ2n) is 5.16. The Morgan fingerprint density at radius 3 is 2.95 bits per heavy atom. The van der Waals surface area contributed by atoms with Crippen LogP contribution in [0.3, 0.4) is 0 Å². The van der Waals surface area contributed by atoms with E-state index in [4.69, 9.17) is 4.74 Å². The molecule has 6 heteroatoms. The van der Waals surface area contributed by atoms with E-state index in [9.17, 15) is 15.2 Å². The smallest absolute Gasteiger partial charge is 0.292 e. The van der Waals surface area contributed by atoms with Gasteiger partial charge in [0.05, 0.1) is 17.1 Å². The summed E-state index contributed by atoms with van der Waals surface area (Å²) in [5, 5.41) is 20.8. The average molecular weight is 280 g/mol. The number of nitrogens with zero attached hydrogens (tertiary/aromatic N) is 2. The molecule has 0 bridgehead atoms. The highest BCUT2D eigenvalue weighted by Gasteiger charge is 2.23. The number of ether oxygens (including phenoxy) is 1. The number of nitro benzene ring substituents is 1. The third-order valence-electron chi connectivity index (χ3n) is 3.47. The van der Waals surface area contributed by atoms with E-state index in [1.54, 1.807) is 19.1 Å². The van der Waals surface area contributed by atoms with Crippen molar-refractivity contribution in [1.82, 2.24) is 0 Å². The number of aliphatic hydroxyl groups excluding tert-OH is 1. The summed E-state index contributed by atoms with van der Waals surface area (Å²) in [7, 11) is 0. The van der Waals surface area contributed by atoms with Crippen LogP contribution in [0.2, 0.25) is 0 Å². The second-order valence-corrected chi connectivity index (χ2v) is 5.16. The molecule has 1 aromatic carbocycles. The standard InChI is InChI=1S/C14H20N2O4/c1-10-9-15(6-3-7-20-10)13-5-4-12(11(2)17)8-14(13)16(18)19/h4-5,8,10-11,17H,3,6-7,9H2,1-2H3/t10?,11-/m0/s1. The molecule has 1 fully saturated rings. The van der Waals surface area contributed by atoms with E-state index in [1.165, 1.54) is 6.07 Å². The van der Waals surface area contributed by atoms with Crippen LogP contribution >= 0.6 is 0 Å². The van der Waals surface area contributed by atoms with Gasteiger partial charge in [0.2, 0.25) is 0 Å². The van der Waals surface area contributed by atoms with Crippen LogP contribution in [0.15, 0.2) is 18.2 Å². The largest absolute Gasteiger partial charge is 0.389 e. The van der Waals surface area contributed by atoms with Gasteiger partial charge in [-0.3, -0.25) is 10.1 Å². The van der Waals surface area contributed by atoms with Crippen LogP contribution in [-0.4, -0.2) is 35.8 Å². The van der Waals surface area contributed by atoms with E-state index in [-0.39, 0.29) is 11.8 Å². The predicted molar refractivity (Wildman–Crippen MR) is 76.0 cm³/mol. The molecule has 1 heterocycles. The van der Waals surface area contributed by atoms with E-state index >= 15 is 0 Å². The van der Waals surface area contributed by atoms with Crippen molar-refractivity contribution >= 4 is 11.4 Å². The van der Waals surface area contributed by atoms with Crippen molar-refractivity contribution in [2.24, 2.45) is 0 Å². The predicted octanol–water partition coefficient (Wildman–Crippen LogP) is 2.26. The fourth-order valence-corrected chi connectivity index (χ4v) is 2.43. The maximum Gasteiger partial charge on any atom is 0.292 e. The molecule has 110 valence electrons. The molecular formula is C14H20N2O4. The maximum atomic E-state index is 11.3. The Morgan fingerprint density at radius 1 is 1.55 bits per heavy atom. The molecule has 1 unspecified atom stereocenters. The lowest BCUT2D eigenvalue weighted by molar-refractivity contribution is -0.384. The van der Waals surface area contributed by atoms with Gasteiger partial charge in [0.25, 0.3) is 5.69 Å². The Balaban J connectivity index is 2.36. The molecular weight excluding hydrogens is 260 g/mol. The Labute approximate surface area is 118 Å². The number of anilines is 1. The van der Waals surface area contributed by atoms with Gasteiger partial charge in [0.1, 0.15) is 5.69 Å². The van der Waals surface area contributed by atoms with Crippen LogP contribution in [0.4, 0.5) is 11.4 Å². The number of hydrogen-bond donors (Lipinski definition) is 1. The van der Waals surface area contributed by atoms with E-state index in [0.29, 0.717) is 24.4 Å². The summed E-state index contributed by atoms with van der Waals surface area (Å²) in [6, 6.07) is 4.91. The third-order valence-corrected chi connectivity index (χ3v) is 3.47. The first-order chi connectivity index (χ1) is 9.49. The van der Waals surface area contributed by atoms with Crippen molar-refractivity contribution in [2.75, 3.05) is 24.6 Å². The van der Waals surface area contributed by atoms with Gasteiger partial charge in [-0.05, 0) is 31.9 Å². The van der Waals surface area contributed by atoms with Gasteiger partial charge in [-0.15, -0.1) is 0 Å². The third kappa shape index (κ3) is 3.26. The minimum absolute atomic E-state index is 0.0394. The number of hydrogen-bond acceptors (Lipinski definition) is 5. The topological polar surface area (TPSA) is 75.8 Å². The zero-order chi connectivity index (χ0) is 14.7. The van der Waals surface area contributed by atoms with Gasteiger partial charge in [-0.25, -0.2) is 0 Å². The van der Waals surface area contributed by atoms with E-state index in [0.717, 1.165) is 13.0 Å². The Bertz CT molecular complexity index is 490. The van der Waals surface area contributed by atoms with Crippen LogP contribution in [0.5, 0.6) is 0 Å². The molecule has 0 aliphatic carbocycles. The highest BCUT2D eigenvalue weighted by atomic mass is 16.6. The van der Waals surface area contributed by atoms with Crippen LogP contribution in [0.25, 0.3) is 0 Å². The first-order valence-corrected chi connectivity index (χ1v) is 6.82. The molecule has 0 saturated carbocycles. The van der Waals surface area contributed by atoms with E-state index in [1.807, 2.05) is 11.8 Å². The minimum atomic E-state index is -0.714. The Hall–Kier alpha value is -1.66. The summed E-state index contributed by atoms with van der Waals surface area (Å²) in [6.45, 7) is 5.61. The lowest BCUT2D eigenvalue weighted by Crippen LogP contribution is -2.30. The van der Waals surface area contributed by atoms with Gasteiger partial charge >= 0.3 is 0 Å². The molecule has 2 atom stereocenters. The number of aliphatic hydroxyl groups is 1. The van der Waals surface area contributed by atoms with Crippen molar-refractivity contribution in [1.29, 1.82) is 0 Å². The van der Waals surface area contributed by atoms with Gasteiger partial charge in [-0.2, -0.15) is 0 Å². The number of benzene rings is 1. The van der Waals surface area contributed by atoms with Gasteiger partial charge in [0, 0.05) is 25.8 Å².